The second-order valence-electron chi connectivity index (χ2n) is 10.4. The van der Waals surface area contributed by atoms with E-state index in [1.165, 1.54) is 16.4 Å². The summed E-state index contributed by atoms with van der Waals surface area (Å²) >= 11 is 6.42. The molecule has 3 aromatic rings. The van der Waals surface area contributed by atoms with Crippen LogP contribution in [0.25, 0.3) is 0 Å². The van der Waals surface area contributed by atoms with E-state index in [4.69, 9.17) is 30.3 Å². The fourth-order valence-electron chi connectivity index (χ4n) is 6.16. The Morgan fingerprint density at radius 3 is 2.02 bits per heavy atom. The molecule has 42 heavy (non-hydrogen) atoms. The third-order valence-corrected chi connectivity index (χ3v) is 14.4. The zero-order valence-electron chi connectivity index (χ0n) is 24.7. The molecular weight excluding hydrogens is 563 g/mol. The van der Waals surface area contributed by atoms with Crippen LogP contribution in [0.2, 0.25) is 0 Å². The Balaban J connectivity index is 1.96. The van der Waals surface area contributed by atoms with Crippen molar-refractivity contribution in [2.75, 3.05) is 21.3 Å². The number of hydrogen-bond donors (Lipinski definition) is 0. The van der Waals surface area contributed by atoms with Gasteiger partial charge in [0.2, 0.25) is 0 Å². The summed E-state index contributed by atoms with van der Waals surface area (Å²) in [5.41, 5.74) is 2.38. The molecule has 2 aliphatic rings. The Hall–Kier alpha value is -3.56. The molecule has 0 saturated heterocycles. The zero-order chi connectivity index (χ0) is 29.8. The average molecular weight is 601 g/mol. The van der Waals surface area contributed by atoms with Crippen molar-refractivity contribution in [3.05, 3.63) is 137 Å². The summed E-state index contributed by atoms with van der Waals surface area (Å²) in [5, 5.41) is 5.29. The van der Waals surface area contributed by atoms with Crippen LogP contribution >= 0.6 is 18.4 Å². The van der Waals surface area contributed by atoms with E-state index in [9.17, 15) is 0 Å². The maximum absolute atomic E-state index is 7.90. The summed E-state index contributed by atoms with van der Waals surface area (Å²) in [6, 6.07) is 25.4. The van der Waals surface area contributed by atoms with Crippen molar-refractivity contribution in [3.63, 3.8) is 0 Å². The first kappa shape index (κ1) is 29.9. The fraction of sp³-hybridized carbons (Fsp3) is 0.222. The quantitative estimate of drug-likeness (QED) is 0.133. The Kier molecular flexibility index (Phi) is 8.80. The van der Waals surface area contributed by atoms with Gasteiger partial charge in [0.1, 0.15) is 0 Å². The number of halogens is 1. The molecule has 1 unspecified atom stereocenters. The predicted molar refractivity (Wildman–Crippen MR) is 177 cm³/mol. The normalized spacial score (nSPS) is 20.1. The SMILES string of the molecule is C=C(C=CC(=CCC)P1(c2ccc(OC)cc2)(c2ccc(OC)cc2)OC(C2=CC=C(Cl)CC2)c2ccccc21)OC. The summed E-state index contributed by atoms with van der Waals surface area (Å²) in [6.07, 6.45) is 12.7. The molecule has 3 aromatic carbocycles. The van der Waals surface area contributed by atoms with Crippen LogP contribution < -0.4 is 25.4 Å². The standard InChI is InChI=1S/C36H38ClO4P/c1-6-9-31(21-12-26(2)38-3)42(32-22-17-29(39-4)18-23-32,33-24-19-30(40-5)20-25-33)35-11-8-7-10-34(35)36(41-42)27-13-15-28(37)16-14-27/h7-13,15,17-25,36H,2,6,14,16H2,1,3-5H3. The Morgan fingerprint density at radius 2 is 1.50 bits per heavy atom. The van der Waals surface area contributed by atoms with Gasteiger partial charge in [-0.05, 0) is 0 Å². The first-order valence-electron chi connectivity index (χ1n) is 14.2. The van der Waals surface area contributed by atoms with E-state index in [1.807, 2.05) is 36.4 Å². The van der Waals surface area contributed by atoms with Crippen molar-refractivity contribution >= 4 is 34.3 Å². The number of benzene rings is 3. The van der Waals surface area contributed by atoms with Gasteiger partial charge >= 0.3 is 255 Å². The molecule has 5 rings (SSSR count). The molecule has 1 aliphatic heterocycles. The van der Waals surface area contributed by atoms with Gasteiger partial charge in [-0.3, -0.25) is 0 Å². The number of ether oxygens (including phenoxy) is 3. The molecule has 1 atom stereocenters. The summed E-state index contributed by atoms with van der Waals surface area (Å²) in [4.78, 5) is 0. The fourth-order valence-corrected chi connectivity index (χ4v) is 12.6. The maximum atomic E-state index is 7.90. The van der Waals surface area contributed by atoms with Gasteiger partial charge in [0.25, 0.3) is 0 Å². The molecule has 0 saturated carbocycles. The number of methoxy groups -OCH3 is 3. The monoisotopic (exact) mass is 600 g/mol. The van der Waals surface area contributed by atoms with Gasteiger partial charge in [-0.2, -0.15) is 0 Å². The molecule has 0 radical (unpaired) electrons. The Labute approximate surface area is 254 Å². The van der Waals surface area contributed by atoms with Crippen LogP contribution in [0.5, 0.6) is 11.5 Å². The van der Waals surface area contributed by atoms with E-state index in [2.05, 4.69) is 80.3 Å². The van der Waals surface area contributed by atoms with Gasteiger partial charge in [0.15, 0.2) is 0 Å². The number of hydrogen-bond acceptors (Lipinski definition) is 4. The van der Waals surface area contributed by atoms with Gasteiger partial charge < -0.3 is 0 Å². The third kappa shape index (κ3) is 4.82. The van der Waals surface area contributed by atoms with E-state index in [1.54, 1.807) is 21.3 Å². The molecule has 1 heterocycles. The van der Waals surface area contributed by atoms with Gasteiger partial charge in [0.05, 0.1) is 0 Å². The minimum atomic E-state index is -3.89. The van der Waals surface area contributed by atoms with Gasteiger partial charge in [-0.25, -0.2) is 0 Å². The first-order valence-corrected chi connectivity index (χ1v) is 16.7. The molecule has 0 amide bonds. The van der Waals surface area contributed by atoms with Crippen molar-refractivity contribution in [1.29, 1.82) is 0 Å². The minimum absolute atomic E-state index is 0.261. The van der Waals surface area contributed by atoms with E-state index in [-0.39, 0.29) is 6.10 Å². The summed E-state index contributed by atoms with van der Waals surface area (Å²) in [6.45, 7) is 2.35. The molecule has 0 bridgehead atoms. The summed E-state index contributed by atoms with van der Waals surface area (Å²) in [5.74, 6) is 2.14. The molecule has 1 aliphatic carbocycles. The van der Waals surface area contributed by atoms with Crippen LogP contribution in [-0.4, -0.2) is 21.3 Å². The van der Waals surface area contributed by atoms with Crippen LogP contribution in [0.3, 0.4) is 0 Å². The van der Waals surface area contributed by atoms with Crippen LogP contribution in [0.4, 0.5) is 0 Å². The molecule has 0 fully saturated rings. The third-order valence-electron chi connectivity index (χ3n) is 8.20. The molecule has 4 nitrogen and oxygen atoms in total. The molecule has 0 N–H and O–H groups in total. The van der Waals surface area contributed by atoms with Crippen molar-refractivity contribution < 1.29 is 18.7 Å². The van der Waals surface area contributed by atoms with Gasteiger partial charge in [-0.15, -0.1) is 0 Å². The predicted octanol–water partition coefficient (Wildman–Crippen LogP) is 8.37. The van der Waals surface area contributed by atoms with E-state index >= 15 is 0 Å². The van der Waals surface area contributed by atoms with Crippen LogP contribution in [0, 0.1) is 0 Å². The van der Waals surface area contributed by atoms with E-state index < -0.39 is 6.83 Å². The molecule has 0 spiro atoms. The average Bonchev–Trinajstić information content (AvgIpc) is 3.36. The number of rotatable bonds is 10. The van der Waals surface area contributed by atoms with Crippen LogP contribution in [0.15, 0.2) is 131 Å². The van der Waals surface area contributed by atoms with Crippen molar-refractivity contribution in [3.8, 4) is 11.5 Å². The van der Waals surface area contributed by atoms with E-state index in [0.717, 1.165) is 51.7 Å². The Morgan fingerprint density at radius 1 is 0.881 bits per heavy atom. The summed E-state index contributed by atoms with van der Waals surface area (Å²) in [7, 11) is 5.01. The van der Waals surface area contributed by atoms with Crippen molar-refractivity contribution in [1.82, 2.24) is 0 Å². The van der Waals surface area contributed by atoms with E-state index in [0.29, 0.717) is 5.76 Å². The summed E-state index contributed by atoms with van der Waals surface area (Å²) < 4.78 is 24.6. The second kappa shape index (κ2) is 12.4. The van der Waals surface area contributed by atoms with Crippen LogP contribution in [0.1, 0.15) is 37.9 Å². The van der Waals surface area contributed by atoms with Gasteiger partial charge in [0, 0.05) is 0 Å². The molecular formula is C36H38ClO4P. The first-order chi connectivity index (χ1) is 20.4. The number of fused-ring (bicyclic) bond motifs is 1. The molecule has 6 heteroatoms. The Bertz CT molecular complexity index is 1530. The molecule has 218 valence electrons. The zero-order valence-corrected chi connectivity index (χ0v) is 26.3. The number of allylic oxidation sites excluding steroid dienone is 7. The second-order valence-corrected chi connectivity index (χ2v) is 15.2. The topological polar surface area (TPSA) is 36.9 Å². The van der Waals surface area contributed by atoms with Crippen molar-refractivity contribution in [2.24, 2.45) is 0 Å². The molecule has 0 aromatic heterocycles. The van der Waals surface area contributed by atoms with Crippen LogP contribution in [-0.2, 0) is 9.26 Å². The van der Waals surface area contributed by atoms with Crippen molar-refractivity contribution in [2.45, 2.75) is 32.3 Å². The van der Waals surface area contributed by atoms with Gasteiger partial charge in [-0.1, -0.05) is 0 Å².